The quantitative estimate of drug-likeness (QED) is 0.594. The summed E-state index contributed by atoms with van der Waals surface area (Å²) in [5.41, 5.74) is 0. The second-order valence-corrected chi connectivity index (χ2v) is 3.42. The third-order valence-corrected chi connectivity index (χ3v) is 2.37. The summed E-state index contributed by atoms with van der Waals surface area (Å²) in [6, 6.07) is 0. The van der Waals surface area contributed by atoms with Gasteiger partial charge in [0, 0.05) is 19.3 Å². The van der Waals surface area contributed by atoms with Gasteiger partial charge in [0.2, 0.25) is 0 Å². The van der Waals surface area contributed by atoms with Crippen molar-refractivity contribution in [3.05, 3.63) is 0 Å². The van der Waals surface area contributed by atoms with E-state index in [9.17, 15) is 4.79 Å². The van der Waals surface area contributed by atoms with E-state index >= 15 is 0 Å². The zero-order valence-corrected chi connectivity index (χ0v) is 8.25. The largest absolute Gasteiger partial charge is 0.348 e. The Morgan fingerprint density at radius 3 is 2.54 bits per heavy atom. The van der Waals surface area contributed by atoms with Crippen molar-refractivity contribution in [1.29, 1.82) is 0 Å². The van der Waals surface area contributed by atoms with Crippen LogP contribution >= 0.6 is 0 Å². The van der Waals surface area contributed by atoms with Gasteiger partial charge in [0.1, 0.15) is 6.29 Å². The zero-order valence-electron chi connectivity index (χ0n) is 8.25. The molecule has 0 aromatic heterocycles. The number of unbranched alkanes of at least 4 members (excludes halogenated alkanes) is 1. The topological polar surface area (TPSA) is 35.5 Å². The first-order valence-electron chi connectivity index (χ1n) is 5.04. The second kappa shape index (κ2) is 5.35. The number of rotatable bonds is 6. The number of ether oxygens (including phenoxy) is 2. The monoisotopic (exact) mass is 186 g/mol. The molecule has 0 amide bonds. The highest BCUT2D eigenvalue weighted by molar-refractivity contribution is 5.49. The molecule has 0 atom stereocenters. The Morgan fingerprint density at radius 2 is 2.00 bits per heavy atom. The molecule has 1 fully saturated rings. The summed E-state index contributed by atoms with van der Waals surface area (Å²) >= 11 is 0. The van der Waals surface area contributed by atoms with Crippen LogP contribution in [0.3, 0.4) is 0 Å². The summed E-state index contributed by atoms with van der Waals surface area (Å²) in [5, 5.41) is 0. The number of hydrogen-bond acceptors (Lipinski definition) is 3. The predicted molar refractivity (Wildman–Crippen MR) is 49.5 cm³/mol. The van der Waals surface area contributed by atoms with Crippen molar-refractivity contribution in [3.63, 3.8) is 0 Å². The summed E-state index contributed by atoms with van der Waals surface area (Å²) in [6.45, 7) is 3.48. The van der Waals surface area contributed by atoms with Gasteiger partial charge in [0.15, 0.2) is 5.79 Å². The van der Waals surface area contributed by atoms with E-state index in [2.05, 4.69) is 6.92 Å². The second-order valence-electron chi connectivity index (χ2n) is 3.42. The Kier molecular flexibility index (Phi) is 4.39. The Hall–Kier alpha value is -0.410. The van der Waals surface area contributed by atoms with E-state index in [1.165, 1.54) is 0 Å². The van der Waals surface area contributed by atoms with Gasteiger partial charge in [-0.2, -0.15) is 0 Å². The van der Waals surface area contributed by atoms with Crippen LogP contribution in [0.15, 0.2) is 0 Å². The Morgan fingerprint density at radius 1 is 1.31 bits per heavy atom. The van der Waals surface area contributed by atoms with Crippen LogP contribution in [-0.2, 0) is 14.3 Å². The highest BCUT2D eigenvalue weighted by atomic mass is 16.7. The number of hydrogen-bond donors (Lipinski definition) is 0. The molecule has 76 valence electrons. The molecule has 1 saturated heterocycles. The van der Waals surface area contributed by atoms with E-state index in [0.29, 0.717) is 26.1 Å². The first kappa shape index (κ1) is 10.7. The normalized spacial score (nSPS) is 20.4. The van der Waals surface area contributed by atoms with Gasteiger partial charge in [-0.25, -0.2) is 0 Å². The van der Waals surface area contributed by atoms with Gasteiger partial charge in [-0.3, -0.25) is 0 Å². The molecule has 1 aliphatic rings. The summed E-state index contributed by atoms with van der Waals surface area (Å²) in [7, 11) is 0. The van der Waals surface area contributed by atoms with Crippen LogP contribution in [0.1, 0.15) is 39.0 Å². The molecular weight excluding hydrogens is 168 g/mol. The molecule has 0 aromatic rings. The minimum Gasteiger partial charge on any atom is -0.348 e. The van der Waals surface area contributed by atoms with Crippen molar-refractivity contribution in [2.45, 2.75) is 44.8 Å². The molecule has 0 radical (unpaired) electrons. The maximum absolute atomic E-state index is 10.3. The maximum atomic E-state index is 10.3. The third kappa shape index (κ3) is 3.08. The lowest BCUT2D eigenvalue weighted by atomic mass is 10.0. The van der Waals surface area contributed by atoms with Crippen molar-refractivity contribution in [1.82, 2.24) is 0 Å². The predicted octanol–water partition coefficient (Wildman–Crippen LogP) is 1.90. The van der Waals surface area contributed by atoms with Gasteiger partial charge in [-0.15, -0.1) is 0 Å². The number of carbonyl (C=O) groups excluding carboxylic acids is 1. The average molecular weight is 186 g/mol. The van der Waals surface area contributed by atoms with Crippen molar-refractivity contribution >= 4 is 6.29 Å². The average Bonchev–Trinajstić information content (AvgIpc) is 2.61. The SMILES string of the molecule is CCCCC1(CCC=O)OCCO1. The van der Waals surface area contributed by atoms with E-state index in [1.807, 2.05) is 0 Å². The minimum absolute atomic E-state index is 0.434. The van der Waals surface area contributed by atoms with Crippen molar-refractivity contribution < 1.29 is 14.3 Å². The molecule has 0 aliphatic carbocycles. The Labute approximate surface area is 79.4 Å². The lowest BCUT2D eigenvalue weighted by Crippen LogP contribution is -2.30. The molecule has 0 unspecified atom stereocenters. The van der Waals surface area contributed by atoms with Gasteiger partial charge in [0.25, 0.3) is 0 Å². The maximum Gasteiger partial charge on any atom is 0.168 e. The van der Waals surface area contributed by atoms with E-state index in [4.69, 9.17) is 9.47 Å². The zero-order chi connectivity index (χ0) is 9.57. The minimum atomic E-state index is -0.434. The van der Waals surface area contributed by atoms with Gasteiger partial charge in [0.05, 0.1) is 13.2 Å². The summed E-state index contributed by atoms with van der Waals surface area (Å²) in [5.74, 6) is -0.434. The van der Waals surface area contributed by atoms with Crippen molar-refractivity contribution in [2.24, 2.45) is 0 Å². The van der Waals surface area contributed by atoms with E-state index < -0.39 is 5.79 Å². The summed E-state index contributed by atoms with van der Waals surface area (Å²) in [6.07, 6.45) is 5.31. The van der Waals surface area contributed by atoms with E-state index in [-0.39, 0.29) is 0 Å². The third-order valence-electron chi connectivity index (χ3n) is 2.37. The molecular formula is C10H18O3. The van der Waals surface area contributed by atoms with Gasteiger partial charge < -0.3 is 14.3 Å². The lowest BCUT2D eigenvalue weighted by molar-refractivity contribution is -0.168. The highest BCUT2D eigenvalue weighted by Crippen LogP contribution is 2.29. The molecule has 3 heteroatoms. The lowest BCUT2D eigenvalue weighted by Gasteiger charge is -2.26. The highest BCUT2D eigenvalue weighted by Gasteiger charge is 2.34. The molecule has 3 nitrogen and oxygen atoms in total. The standard InChI is InChI=1S/C10H18O3/c1-2-3-5-10(6-4-7-11)12-8-9-13-10/h7H,2-6,8-9H2,1H3. The van der Waals surface area contributed by atoms with Crippen LogP contribution in [0.25, 0.3) is 0 Å². The van der Waals surface area contributed by atoms with Gasteiger partial charge >= 0.3 is 0 Å². The van der Waals surface area contributed by atoms with Gasteiger partial charge in [-0.1, -0.05) is 13.3 Å². The molecule has 0 aromatic carbocycles. The fourth-order valence-corrected chi connectivity index (χ4v) is 1.64. The number of carbonyl (C=O) groups is 1. The fourth-order valence-electron chi connectivity index (χ4n) is 1.64. The van der Waals surface area contributed by atoms with E-state index in [1.54, 1.807) is 0 Å². The smallest absolute Gasteiger partial charge is 0.168 e. The summed E-state index contributed by atoms with van der Waals surface area (Å²) < 4.78 is 11.1. The van der Waals surface area contributed by atoms with Gasteiger partial charge in [-0.05, 0) is 6.42 Å². The Bertz CT molecular complexity index is 150. The Balaban J connectivity index is 2.37. The van der Waals surface area contributed by atoms with Crippen LogP contribution < -0.4 is 0 Å². The molecule has 0 bridgehead atoms. The summed E-state index contributed by atoms with van der Waals surface area (Å²) in [4.78, 5) is 10.3. The van der Waals surface area contributed by atoms with Crippen LogP contribution in [-0.4, -0.2) is 25.3 Å². The first-order valence-corrected chi connectivity index (χ1v) is 5.04. The number of aldehydes is 1. The fraction of sp³-hybridized carbons (Fsp3) is 0.900. The molecule has 1 aliphatic heterocycles. The molecule has 0 saturated carbocycles. The van der Waals surface area contributed by atoms with Crippen LogP contribution in [0.4, 0.5) is 0 Å². The molecule has 0 N–H and O–H groups in total. The van der Waals surface area contributed by atoms with Crippen molar-refractivity contribution in [3.8, 4) is 0 Å². The molecule has 0 spiro atoms. The first-order chi connectivity index (χ1) is 6.33. The van der Waals surface area contributed by atoms with Crippen molar-refractivity contribution in [2.75, 3.05) is 13.2 Å². The molecule has 13 heavy (non-hydrogen) atoms. The molecule has 1 rings (SSSR count). The molecule has 1 heterocycles. The van der Waals surface area contributed by atoms with Crippen LogP contribution in [0, 0.1) is 0 Å². The van der Waals surface area contributed by atoms with Crippen LogP contribution in [0.5, 0.6) is 0 Å². The van der Waals surface area contributed by atoms with E-state index in [0.717, 1.165) is 25.5 Å². The van der Waals surface area contributed by atoms with Crippen LogP contribution in [0.2, 0.25) is 0 Å².